The van der Waals surface area contributed by atoms with Crippen molar-refractivity contribution >= 4 is 23.5 Å². The van der Waals surface area contributed by atoms with Crippen molar-refractivity contribution in [1.29, 1.82) is 0 Å². The van der Waals surface area contributed by atoms with E-state index in [4.69, 9.17) is 5.73 Å². The lowest BCUT2D eigenvalue weighted by atomic mass is 9.87. The number of urea groups is 1. The molecule has 3 rings (SSSR count). The van der Waals surface area contributed by atoms with Crippen LogP contribution in [0.3, 0.4) is 0 Å². The third-order valence-electron chi connectivity index (χ3n) is 4.05. The summed E-state index contributed by atoms with van der Waals surface area (Å²) in [6.45, 7) is 0.836. The number of nitrogens with one attached hydrogen (secondary N) is 2. The molecule has 4 N–H and O–H groups in total. The lowest BCUT2D eigenvalue weighted by molar-refractivity contribution is -0.125. The number of nitrogens with zero attached hydrogens (tertiary/aromatic N) is 1. The SMILES string of the molecule is Nc1cccc(C(=O)N2CCC3(CC2)NC(=O)NC3=O)c1. The average molecular weight is 288 g/mol. The van der Waals surface area contributed by atoms with Gasteiger partial charge in [-0.25, -0.2) is 4.79 Å². The fourth-order valence-electron chi connectivity index (χ4n) is 2.83. The molecule has 7 nitrogen and oxygen atoms in total. The Morgan fingerprint density at radius 2 is 1.95 bits per heavy atom. The van der Waals surface area contributed by atoms with Gasteiger partial charge in [-0.1, -0.05) is 6.07 Å². The van der Waals surface area contributed by atoms with Crippen LogP contribution in [0.25, 0.3) is 0 Å². The van der Waals surface area contributed by atoms with Gasteiger partial charge in [-0.3, -0.25) is 14.9 Å². The van der Waals surface area contributed by atoms with Crippen molar-refractivity contribution in [1.82, 2.24) is 15.5 Å². The number of anilines is 1. The second-order valence-electron chi connectivity index (χ2n) is 5.41. The van der Waals surface area contributed by atoms with Gasteiger partial charge in [0.1, 0.15) is 5.54 Å². The Labute approximate surface area is 121 Å². The Kier molecular flexibility index (Phi) is 3.04. The summed E-state index contributed by atoms with van der Waals surface area (Å²) in [6, 6.07) is 6.35. The normalized spacial score (nSPS) is 20.3. The van der Waals surface area contributed by atoms with Crippen LogP contribution in [0.15, 0.2) is 24.3 Å². The first-order valence-electron chi connectivity index (χ1n) is 6.79. The van der Waals surface area contributed by atoms with E-state index in [9.17, 15) is 14.4 Å². The van der Waals surface area contributed by atoms with E-state index < -0.39 is 11.6 Å². The van der Waals surface area contributed by atoms with Gasteiger partial charge in [-0.15, -0.1) is 0 Å². The zero-order chi connectivity index (χ0) is 15.0. The van der Waals surface area contributed by atoms with E-state index in [1.54, 1.807) is 29.2 Å². The summed E-state index contributed by atoms with van der Waals surface area (Å²) >= 11 is 0. The van der Waals surface area contributed by atoms with Crippen molar-refractivity contribution in [3.8, 4) is 0 Å². The minimum atomic E-state index is -0.858. The molecular weight excluding hydrogens is 272 g/mol. The molecule has 1 aromatic carbocycles. The van der Waals surface area contributed by atoms with E-state index in [-0.39, 0.29) is 11.8 Å². The number of rotatable bonds is 1. The number of carbonyl (C=O) groups is 3. The molecular formula is C14H16N4O3. The highest BCUT2D eigenvalue weighted by molar-refractivity contribution is 6.07. The monoisotopic (exact) mass is 288 g/mol. The van der Waals surface area contributed by atoms with Crippen molar-refractivity contribution in [2.45, 2.75) is 18.4 Å². The van der Waals surface area contributed by atoms with Gasteiger partial charge in [0.05, 0.1) is 0 Å². The van der Waals surface area contributed by atoms with Crippen molar-refractivity contribution in [3.05, 3.63) is 29.8 Å². The molecule has 0 unspecified atom stereocenters. The Balaban J connectivity index is 1.70. The van der Waals surface area contributed by atoms with Crippen LogP contribution < -0.4 is 16.4 Å². The standard InChI is InChI=1S/C14H16N4O3/c15-10-3-1-2-9(8-10)11(19)18-6-4-14(5-7-18)12(20)16-13(21)17-14/h1-3,8H,4-7,15H2,(H2,16,17,20,21). The third kappa shape index (κ3) is 2.31. The van der Waals surface area contributed by atoms with E-state index in [1.165, 1.54) is 0 Å². The summed E-state index contributed by atoms with van der Waals surface area (Å²) in [6.07, 6.45) is 0.831. The molecule has 2 heterocycles. The first-order chi connectivity index (χ1) is 10.00. The second-order valence-corrected chi connectivity index (χ2v) is 5.41. The van der Waals surface area contributed by atoms with E-state index in [0.29, 0.717) is 37.2 Å². The van der Waals surface area contributed by atoms with E-state index in [1.807, 2.05) is 0 Å². The number of imide groups is 1. The number of benzene rings is 1. The number of nitrogen functional groups attached to an aromatic ring is 1. The first-order valence-corrected chi connectivity index (χ1v) is 6.79. The fraction of sp³-hybridized carbons (Fsp3) is 0.357. The average Bonchev–Trinajstić information content (AvgIpc) is 2.73. The van der Waals surface area contributed by atoms with E-state index in [2.05, 4.69) is 10.6 Å². The molecule has 2 aliphatic heterocycles. The van der Waals surface area contributed by atoms with Crippen molar-refractivity contribution in [3.63, 3.8) is 0 Å². The molecule has 0 atom stereocenters. The van der Waals surface area contributed by atoms with Crippen LogP contribution in [0.5, 0.6) is 0 Å². The first kappa shape index (κ1) is 13.4. The smallest absolute Gasteiger partial charge is 0.322 e. The van der Waals surface area contributed by atoms with Gasteiger partial charge in [0, 0.05) is 24.3 Å². The molecule has 2 aliphatic rings. The van der Waals surface area contributed by atoms with Crippen LogP contribution in [-0.4, -0.2) is 41.4 Å². The predicted octanol–water partition coefficient (Wildman–Crippen LogP) is 0.0830. The highest BCUT2D eigenvalue weighted by Crippen LogP contribution is 2.26. The fourth-order valence-corrected chi connectivity index (χ4v) is 2.83. The maximum Gasteiger partial charge on any atom is 0.322 e. The lowest BCUT2D eigenvalue weighted by Crippen LogP contribution is -2.55. The van der Waals surface area contributed by atoms with Gasteiger partial charge < -0.3 is 16.0 Å². The summed E-state index contributed by atoms with van der Waals surface area (Å²) in [7, 11) is 0. The molecule has 1 aromatic rings. The van der Waals surface area contributed by atoms with Gasteiger partial charge in [0.25, 0.3) is 11.8 Å². The Morgan fingerprint density at radius 1 is 1.24 bits per heavy atom. The minimum Gasteiger partial charge on any atom is -0.399 e. The van der Waals surface area contributed by atoms with Crippen molar-refractivity contribution in [2.75, 3.05) is 18.8 Å². The number of hydrogen-bond donors (Lipinski definition) is 3. The molecule has 1 spiro atoms. The molecule has 110 valence electrons. The van der Waals surface area contributed by atoms with Crippen LogP contribution in [0, 0.1) is 0 Å². The molecule has 2 fully saturated rings. The maximum atomic E-state index is 12.4. The van der Waals surface area contributed by atoms with Crippen LogP contribution in [-0.2, 0) is 4.79 Å². The highest BCUT2D eigenvalue weighted by Gasteiger charge is 2.48. The number of piperidine rings is 1. The molecule has 0 aromatic heterocycles. The zero-order valence-electron chi connectivity index (χ0n) is 11.4. The Morgan fingerprint density at radius 3 is 2.52 bits per heavy atom. The number of amides is 4. The minimum absolute atomic E-state index is 0.109. The van der Waals surface area contributed by atoms with Crippen molar-refractivity contribution in [2.24, 2.45) is 0 Å². The van der Waals surface area contributed by atoms with Gasteiger partial charge >= 0.3 is 6.03 Å². The van der Waals surface area contributed by atoms with Crippen LogP contribution >= 0.6 is 0 Å². The summed E-state index contributed by atoms with van der Waals surface area (Å²) in [5.74, 6) is -0.412. The summed E-state index contributed by atoms with van der Waals surface area (Å²) in [5.41, 5.74) is 5.90. The predicted molar refractivity (Wildman–Crippen MR) is 75.4 cm³/mol. The topological polar surface area (TPSA) is 105 Å². The van der Waals surface area contributed by atoms with E-state index in [0.717, 1.165) is 0 Å². The van der Waals surface area contributed by atoms with Gasteiger partial charge in [-0.05, 0) is 31.0 Å². The van der Waals surface area contributed by atoms with Crippen molar-refractivity contribution < 1.29 is 14.4 Å². The summed E-state index contributed by atoms with van der Waals surface area (Å²) in [4.78, 5) is 37.2. The quantitative estimate of drug-likeness (QED) is 0.503. The largest absolute Gasteiger partial charge is 0.399 e. The Hall–Kier alpha value is -2.57. The number of likely N-dealkylation sites (tertiary alicyclic amines) is 1. The molecule has 0 bridgehead atoms. The molecule has 4 amide bonds. The maximum absolute atomic E-state index is 12.4. The summed E-state index contributed by atoms with van der Waals surface area (Å²) in [5, 5.41) is 4.92. The van der Waals surface area contributed by atoms with Gasteiger partial charge in [0.2, 0.25) is 0 Å². The second kappa shape index (κ2) is 4.76. The lowest BCUT2D eigenvalue weighted by Gasteiger charge is -2.37. The number of carbonyl (C=O) groups excluding carboxylic acids is 3. The molecule has 0 saturated carbocycles. The Bertz CT molecular complexity index is 620. The molecule has 21 heavy (non-hydrogen) atoms. The molecule has 0 aliphatic carbocycles. The van der Waals surface area contributed by atoms with E-state index >= 15 is 0 Å². The number of nitrogens with two attached hydrogens (primary N) is 1. The molecule has 2 saturated heterocycles. The van der Waals surface area contributed by atoms with Crippen LogP contribution in [0.4, 0.5) is 10.5 Å². The molecule has 0 radical (unpaired) electrons. The third-order valence-corrected chi connectivity index (χ3v) is 4.05. The van der Waals surface area contributed by atoms with Crippen LogP contribution in [0.2, 0.25) is 0 Å². The van der Waals surface area contributed by atoms with Gasteiger partial charge in [0.15, 0.2) is 0 Å². The van der Waals surface area contributed by atoms with Crippen LogP contribution in [0.1, 0.15) is 23.2 Å². The summed E-state index contributed by atoms with van der Waals surface area (Å²) < 4.78 is 0. The zero-order valence-corrected chi connectivity index (χ0v) is 11.4. The molecule has 7 heteroatoms. The number of hydrogen-bond acceptors (Lipinski definition) is 4. The highest BCUT2D eigenvalue weighted by atomic mass is 16.2. The van der Waals surface area contributed by atoms with Gasteiger partial charge in [-0.2, -0.15) is 0 Å².